The van der Waals surface area contributed by atoms with Crippen LogP contribution in [0.3, 0.4) is 0 Å². The Morgan fingerprint density at radius 1 is 0.810 bits per heavy atom. The van der Waals surface area contributed by atoms with Crippen LogP contribution in [0.2, 0.25) is 0 Å². The maximum Gasteiger partial charge on any atom is 0.331 e. The average molecular weight is 296 g/mol. The standard InChI is InChI=1S/C19H36O2/c1-4-6-8-10-11-12-14-16-18(17(3)19(20)21)15-13-9-7-5-2/h18H,3-16H2,1-2H3,(H,20,21). The van der Waals surface area contributed by atoms with E-state index in [0.717, 1.165) is 25.7 Å². The van der Waals surface area contributed by atoms with Gasteiger partial charge in [0.05, 0.1) is 0 Å². The van der Waals surface area contributed by atoms with E-state index >= 15 is 0 Å². The van der Waals surface area contributed by atoms with Crippen molar-refractivity contribution >= 4 is 5.97 Å². The van der Waals surface area contributed by atoms with Crippen molar-refractivity contribution in [2.45, 2.75) is 97.3 Å². The zero-order valence-corrected chi connectivity index (χ0v) is 14.3. The number of carboxylic acids is 1. The summed E-state index contributed by atoms with van der Waals surface area (Å²) in [4.78, 5) is 11.1. The Bertz CT molecular complexity index is 271. The summed E-state index contributed by atoms with van der Waals surface area (Å²) in [6, 6.07) is 0. The van der Waals surface area contributed by atoms with Gasteiger partial charge in [0.2, 0.25) is 0 Å². The van der Waals surface area contributed by atoms with E-state index in [-0.39, 0.29) is 5.92 Å². The van der Waals surface area contributed by atoms with Crippen LogP contribution in [0.25, 0.3) is 0 Å². The lowest BCUT2D eigenvalue weighted by Gasteiger charge is -2.17. The molecule has 0 aromatic rings. The smallest absolute Gasteiger partial charge is 0.331 e. The summed E-state index contributed by atoms with van der Waals surface area (Å²) in [5, 5.41) is 9.16. The summed E-state index contributed by atoms with van der Waals surface area (Å²) in [5.74, 6) is -0.617. The monoisotopic (exact) mass is 296 g/mol. The van der Waals surface area contributed by atoms with Crippen molar-refractivity contribution in [3.05, 3.63) is 12.2 Å². The molecule has 0 saturated carbocycles. The highest BCUT2D eigenvalue weighted by Gasteiger charge is 2.17. The van der Waals surface area contributed by atoms with Crippen LogP contribution in [0, 0.1) is 5.92 Å². The van der Waals surface area contributed by atoms with E-state index in [0.29, 0.717) is 5.57 Å². The van der Waals surface area contributed by atoms with Crippen LogP contribution in [-0.2, 0) is 4.79 Å². The average Bonchev–Trinajstić information content (AvgIpc) is 2.47. The van der Waals surface area contributed by atoms with Crippen LogP contribution in [-0.4, -0.2) is 11.1 Å². The topological polar surface area (TPSA) is 37.3 Å². The Labute approximate surface area is 132 Å². The van der Waals surface area contributed by atoms with Gasteiger partial charge in [-0.1, -0.05) is 91.1 Å². The minimum absolute atomic E-state index is 0.190. The Kier molecular flexibility index (Phi) is 13.6. The number of rotatable bonds is 15. The van der Waals surface area contributed by atoms with Crippen molar-refractivity contribution in [3.8, 4) is 0 Å². The van der Waals surface area contributed by atoms with Crippen LogP contribution >= 0.6 is 0 Å². The molecular weight excluding hydrogens is 260 g/mol. The van der Waals surface area contributed by atoms with Crippen molar-refractivity contribution in [1.29, 1.82) is 0 Å². The summed E-state index contributed by atoms with van der Waals surface area (Å²) in [7, 11) is 0. The molecule has 0 fully saturated rings. The Balaban J connectivity index is 3.88. The fraction of sp³-hybridized carbons (Fsp3) is 0.842. The number of unbranched alkanes of at least 4 members (excludes halogenated alkanes) is 9. The molecule has 0 heterocycles. The predicted octanol–water partition coefficient (Wildman–Crippen LogP) is 6.35. The molecule has 21 heavy (non-hydrogen) atoms. The van der Waals surface area contributed by atoms with E-state index in [4.69, 9.17) is 5.11 Å². The Hall–Kier alpha value is -0.790. The van der Waals surface area contributed by atoms with Crippen molar-refractivity contribution in [2.75, 3.05) is 0 Å². The lowest BCUT2D eigenvalue weighted by Crippen LogP contribution is -2.12. The summed E-state index contributed by atoms with van der Waals surface area (Å²) < 4.78 is 0. The molecule has 0 spiro atoms. The first-order valence-electron chi connectivity index (χ1n) is 9.05. The van der Waals surface area contributed by atoms with E-state index in [1.165, 1.54) is 57.8 Å². The van der Waals surface area contributed by atoms with Crippen LogP contribution < -0.4 is 0 Å². The van der Waals surface area contributed by atoms with Gasteiger partial charge in [-0.3, -0.25) is 0 Å². The van der Waals surface area contributed by atoms with Gasteiger partial charge in [-0.2, -0.15) is 0 Å². The fourth-order valence-corrected chi connectivity index (χ4v) is 2.83. The summed E-state index contributed by atoms with van der Waals surface area (Å²) >= 11 is 0. The molecule has 124 valence electrons. The number of carboxylic acid groups (broad SMARTS) is 1. The molecule has 0 radical (unpaired) electrons. The van der Waals surface area contributed by atoms with E-state index in [2.05, 4.69) is 20.4 Å². The minimum atomic E-state index is -0.807. The molecule has 0 bridgehead atoms. The van der Waals surface area contributed by atoms with Crippen LogP contribution in [0.4, 0.5) is 0 Å². The van der Waals surface area contributed by atoms with Crippen LogP contribution in [0.15, 0.2) is 12.2 Å². The molecule has 1 N–H and O–H groups in total. The van der Waals surface area contributed by atoms with E-state index in [9.17, 15) is 4.79 Å². The van der Waals surface area contributed by atoms with Gasteiger partial charge in [0.25, 0.3) is 0 Å². The molecule has 2 nitrogen and oxygen atoms in total. The van der Waals surface area contributed by atoms with E-state index in [1.54, 1.807) is 0 Å². The number of aliphatic carboxylic acids is 1. The third-order valence-electron chi connectivity index (χ3n) is 4.33. The molecule has 0 aromatic heterocycles. The third kappa shape index (κ3) is 11.5. The van der Waals surface area contributed by atoms with Gasteiger partial charge >= 0.3 is 5.97 Å². The van der Waals surface area contributed by atoms with Crippen LogP contribution in [0.1, 0.15) is 97.3 Å². The quantitative estimate of drug-likeness (QED) is 0.282. The second kappa shape index (κ2) is 14.2. The van der Waals surface area contributed by atoms with Gasteiger partial charge in [-0.05, 0) is 18.8 Å². The molecular formula is C19H36O2. The molecule has 2 heteroatoms. The molecule has 1 unspecified atom stereocenters. The molecule has 0 rings (SSSR count). The first-order chi connectivity index (χ1) is 10.1. The molecule has 0 aliphatic heterocycles. The number of hydrogen-bond donors (Lipinski definition) is 1. The Morgan fingerprint density at radius 3 is 1.62 bits per heavy atom. The molecule has 0 aliphatic carbocycles. The second-order valence-electron chi connectivity index (χ2n) is 6.29. The van der Waals surface area contributed by atoms with Gasteiger partial charge in [0.15, 0.2) is 0 Å². The van der Waals surface area contributed by atoms with Gasteiger partial charge in [0, 0.05) is 5.57 Å². The lowest BCUT2D eigenvalue weighted by atomic mass is 9.88. The lowest BCUT2D eigenvalue weighted by molar-refractivity contribution is -0.133. The van der Waals surface area contributed by atoms with Gasteiger partial charge in [0.1, 0.15) is 0 Å². The highest BCUT2D eigenvalue weighted by atomic mass is 16.4. The van der Waals surface area contributed by atoms with Gasteiger partial charge in [-0.25, -0.2) is 4.79 Å². The fourth-order valence-electron chi connectivity index (χ4n) is 2.83. The third-order valence-corrected chi connectivity index (χ3v) is 4.33. The normalized spacial score (nSPS) is 12.3. The largest absolute Gasteiger partial charge is 0.478 e. The second-order valence-corrected chi connectivity index (χ2v) is 6.29. The maximum atomic E-state index is 11.1. The molecule has 0 aliphatic rings. The SMILES string of the molecule is C=C(C(=O)O)C(CCCCCC)CCCCCCCCC. The molecule has 0 amide bonds. The van der Waals surface area contributed by atoms with Crippen molar-refractivity contribution in [2.24, 2.45) is 5.92 Å². The highest BCUT2D eigenvalue weighted by Crippen LogP contribution is 2.24. The van der Waals surface area contributed by atoms with E-state index < -0.39 is 5.97 Å². The Morgan fingerprint density at radius 2 is 1.19 bits per heavy atom. The summed E-state index contributed by atoms with van der Waals surface area (Å²) in [6.45, 7) is 8.23. The molecule has 0 saturated heterocycles. The zero-order valence-electron chi connectivity index (χ0n) is 14.3. The minimum Gasteiger partial charge on any atom is -0.478 e. The highest BCUT2D eigenvalue weighted by molar-refractivity contribution is 5.86. The number of hydrogen-bond acceptors (Lipinski definition) is 1. The number of carbonyl (C=O) groups is 1. The van der Waals surface area contributed by atoms with Crippen molar-refractivity contribution in [1.82, 2.24) is 0 Å². The van der Waals surface area contributed by atoms with Gasteiger partial charge in [-0.15, -0.1) is 0 Å². The summed E-state index contributed by atoms with van der Waals surface area (Å²) in [5.41, 5.74) is 0.428. The molecule has 1 atom stereocenters. The predicted molar refractivity (Wildman–Crippen MR) is 91.6 cm³/mol. The first kappa shape index (κ1) is 20.2. The first-order valence-corrected chi connectivity index (χ1v) is 9.05. The van der Waals surface area contributed by atoms with Gasteiger partial charge < -0.3 is 5.11 Å². The van der Waals surface area contributed by atoms with E-state index in [1.807, 2.05) is 0 Å². The zero-order chi connectivity index (χ0) is 15.9. The van der Waals surface area contributed by atoms with Crippen molar-refractivity contribution in [3.63, 3.8) is 0 Å². The van der Waals surface area contributed by atoms with Crippen LogP contribution in [0.5, 0.6) is 0 Å². The van der Waals surface area contributed by atoms with Crippen molar-refractivity contribution < 1.29 is 9.90 Å². The summed E-state index contributed by atoms with van der Waals surface area (Å²) in [6.07, 6.45) is 15.8. The maximum absolute atomic E-state index is 11.1. The molecule has 0 aromatic carbocycles.